The molecule has 3 N–H and O–H groups in total. The van der Waals surface area contributed by atoms with Crippen molar-refractivity contribution in [3.8, 4) is 11.5 Å². The molecule has 5 heteroatoms. The Bertz CT molecular complexity index is 639. The van der Waals surface area contributed by atoms with Crippen molar-refractivity contribution < 1.29 is 15.0 Å². The SMILES string of the molecule is CN(C)c1cccc(NC(=O)c2cccc(O)c2O)c1. The summed E-state index contributed by atoms with van der Waals surface area (Å²) in [5, 5.41) is 21.7. The lowest BCUT2D eigenvalue weighted by Crippen LogP contribution is -2.13. The maximum absolute atomic E-state index is 12.1. The van der Waals surface area contributed by atoms with Gasteiger partial charge in [-0.05, 0) is 30.3 Å². The van der Waals surface area contributed by atoms with Crippen LogP contribution in [0.25, 0.3) is 0 Å². The van der Waals surface area contributed by atoms with E-state index >= 15 is 0 Å². The summed E-state index contributed by atoms with van der Waals surface area (Å²) in [4.78, 5) is 14.0. The molecule has 0 bridgehead atoms. The number of hydrogen-bond acceptors (Lipinski definition) is 4. The lowest BCUT2D eigenvalue weighted by molar-refractivity contribution is 0.102. The Morgan fingerprint density at radius 1 is 1.10 bits per heavy atom. The van der Waals surface area contributed by atoms with E-state index in [1.54, 1.807) is 6.07 Å². The van der Waals surface area contributed by atoms with Gasteiger partial charge in [0.15, 0.2) is 11.5 Å². The number of hydrogen-bond donors (Lipinski definition) is 3. The van der Waals surface area contributed by atoms with Crippen LogP contribution in [0.2, 0.25) is 0 Å². The minimum absolute atomic E-state index is 0.0280. The molecule has 0 unspecified atom stereocenters. The number of carbonyl (C=O) groups excluding carboxylic acids is 1. The fourth-order valence-electron chi connectivity index (χ4n) is 1.77. The van der Waals surface area contributed by atoms with E-state index in [4.69, 9.17) is 0 Å². The topological polar surface area (TPSA) is 72.8 Å². The van der Waals surface area contributed by atoms with E-state index in [0.717, 1.165) is 5.69 Å². The average molecular weight is 272 g/mol. The summed E-state index contributed by atoms with van der Waals surface area (Å²) in [6.45, 7) is 0. The summed E-state index contributed by atoms with van der Waals surface area (Å²) in [7, 11) is 3.81. The van der Waals surface area contributed by atoms with Gasteiger partial charge in [0.05, 0.1) is 5.56 Å². The first-order valence-electron chi connectivity index (χ1n) is 6.08. The molecule has 0 aliphatic rings. The molecule has 0 fully saturated rings. The largest absolute Gasteiger partial charge is 0.504 e. The third-order valence-corrected chi connectivity index (χ3v) is 2.88. The van der Waals surface area contributed by atoms with Crippen molar-refractivity contribution in [2.75, 3.05) is 24.3 Å². The van der Waals surface area contributed by atoms with Crippen molar-refractivity contribution >= 4 is 17.3 Å². The van der Waals surface area contributed by atoms with Crippen LogP contribution in [0.15, 0.2) is 42.5 Å². The van der Waals surface area contributed by atoms with Gasteiger partial charge < -0.3 is 20.4 Å². The Morgan fingerprint density at radius 2 is 1.80 bits per heavy atom. The molecule has 0 aromatic heterocycles. The number of nitrogens with one attached hydrogen (secondary N) is 1. The lowest BCUT2D eigenvalue weighted by atomic mass is 10.1. The number of carbonyl (C=O) groups is 1. The summed E-state index contributed by atoms with van der Waals surface area (Å²) in [6.07, 6.45) is 0. The monoisotopic (exact) mass is 272 g/mol. The second kappa shape index (κ2) is 5.52. The summed E-state index contributed by atoms with van der Waals surface area (Å²) in [6, 6.07) is 11.6. The van der Waals surface area contributed by atoms with Crippen LogP contribution in [0.4, 0.5) is 11.4 Å². The van der Waals surface area contributed by atoms with Crippen LogP contribution in [0.5, 0.6) is 11.5 Å². The van der Waals surface area contributed by atoms with Gasteiger partial charge in [0.2, 0.25) is 0 Å². The number of rotatable bonds is 3. The van der Waals surface area contributed by atoms with Crippen LogP contribution < -0.4 is 10.2 Å². The van der Waals surface area contributed by atoms with Crippen LogP contribution in [-0.4, -0.2) is 30.2 Å². The quantitative estimate of drug-likeness (QED) is 0.750. The highest BCUT2D eigenvalue weighted by atomic mass is 16.3. The van der Waals surface area contributed by atoms with E-state index in [1.807, 2.05) is 37.2 Å². The van der Waals surface area contributed by atoms with E-state index in [1.165, 1.54) is 18.2 Å². The molecule has 0 radical (unpaired) electrons. The lowest BCUT2D eigenvalue weighted by Gasteiger charge is -2.14. The number of amides is 1. The maximum Gasteiger partial charge on any atom is 0.259 e. The molecule has 2 rings (SSSR count). The number of para-hydroxylation sites is 1. The van der Waals surface area contributed by atoms with Crippen LogP contribution >= 0.6 is 0 Å². The molecule has 0 heterocycles. The third-order valence-electron chi connectivity index (χ3n) is 2.88. The summed E-state index contributed by atoms with van der Waals surface area (Å²) < 4.78 is 0. The number of nitrogens with zero attached hydrogens (tertiary/aromatic N) is 1. The van der Waals surface area contributed by atoms with E-state index < -0.39 is 11.7 Å². The van der Waals surface area contributed by atoms with Gasteiger partial charge in [-0.25, -0.2) is 0 Å². The highest BCUT2D eigenvalue weighted by molar-refractivity contribution is 6.06. The Hall–Kier alpha value is -2.69. The number of benzene rings is 2. The van der Waals surface area contributed by atoms with Crippen LogP contribution in [-0.2, 0) is 0 Å². The predicted molar refractivity (Wildman–Crippen MR) is 78.5 cm³/mol. The van der Waals surface area contributed by atoms with Gasteiger partial charge in [-0.2, -0.15) is 0 Å². The van der Waals surface area contributed by atoms with Crippen molar-refractivity contribution in [2.45, 2.75) is 0 Å². The Morgan fingerprint density at radius 3 is 2.50 bits per heavy atom. The zero-order chi connectivity index (χ0) is 14.7. The van der Waals surface area contributed by atoms with E-state index in [0.29, 0.717) is 5.69 Å². The second-order valence-corrected chi connectivity index (χ2v) is 4.57. The van der Waals surface area contributed by atoms with Gasteiger partial charge in [0.25, 0.3) is 5.91 Å². The van der Waals surface area contributed by atoms with Gasteiger partial charge in [-0.1, -0.05) is 12.1 Å². The minimum Gasteiger partial charge on any atom is -0.504 e. The number of phenolic OH excluding ortho intramolecular Hbond substituents is 2. The van der Waals surface area contributed by atoms with Crippen molar-refractivity contribution in [3.63, 3.8) is 0 Å². The first-order valence-corrected chi connectivity index (χ1v) is 6.08. The van der Waals surface area contributed by atoms with Crippen molar-refractivity contribution in [1.82, 2.24) is 0 Å². The maximum atomic E-state index is 12.1. The number of phenols is 2. The molecule has 0 aliphatic heterocycles. The van der Waals surface area contributed by atoms with Crippen molar-refractivity contribution in [1.29, 1.82) is 0 Å². The highest BCUT2D eigenvalue weighted by Gasteiger charge is 2.14. The zero-order valence-corrected chi connectivity index (χ0v) is 11.3. The molecule has 0 atom stereocenters. The first-order chi connectivity index (χ1) is 9.49. The molecule has 0 aliphatic carbocycles. The van der Waals surface area contributed by atoms with Crippen LogP contribution in [0.1, 0.15) is 10.4 Å². The van der Waals surface area contributed by atoms with Crippen molar-refractivity contribution in [3.05, 3.63) is 48.0 Å². The molecule has 2 aromatic carbocycles. The third kappa shape index (κ3) is 2.83. The van der Waals surface area contributed by atoms with Gasteiger partial charge in [-0.15, -0.1) is 0 Å². The van der Waals surface area contributed by atoms with E-state index in [2.05, 4.69) is 5.32 Å². The Kier molecular flexibility index (Phi) is 3.79. The highest BCUT2D eigenvalue weighted by Crippen LogP contribution is 2.29. The average Bonchev–Trinajstić information content (AvgIpc) is 2.42. The fourth-order valence-corrected chi connectivity index (χ4v) is 1.77. The molecule has 5 nitrogen and oxygen atoms in total. The Balaban J connectivity index is 2.24. The molecule has 0 saturated carbocycles. The minimum atomic E-state index is -0.477. The van der Waals surface area contributed by atoms with Gasteiger partial charge in [0.1, 0.15) is 0 Å². The predicted octanol–water partition coefficient (Wildman–Crippen LogP) is 2.42. The number of aromatic hydroxyl groups is 2. The Labute approximate surface area is 117 Å². The van der Waals surface area contributed by atoms with Gasteiger partial charge in [0, 0.05) is 25.5 Å². The van der Waals surface area contributed by atoms with Crippen LogP contribution in [0, 0.1) is 0 Å². The molecule has 104 valence electrons. The first kappa shape index (κ1) is 13.7. The van der Waals surface area contributed by atoms with Gasteiger partial charge >= 0.3 is 0 Å². The normalized spacial score (nSPS) is 10.1. The zero-order valence-electron chi connectivity index (χ0n) is 11.3. The second-order valence-electron chi connectivity index (χ2n) is 4.57. The molecular weight excluding hydrogens is 256 g/mol. The number of anilines is 2. The fraction of sp³-hybridized carbons (Fsp3) is 0.133. The molecule has 0 spiro atoms. The van der Waals surface area contributed by atoms with Gasteiger partial charge in [-0.3, -0.25) is 4.79 Å². The molecular formula is C15H16N2O3. The molecule has 1 amide bonds. The summed E-state index contributed by atoms with van der Waals surface area (Å²) >= 11 is 0. The standard InChI is InChI=1S/C15H16N2O3/c1-17(2)11-6-3-5-10(9-11)16-15(20)12-7-4-8-13(18)14(12)19/h3-9,18-19H,1-2H3,(H,16,20). The molecule has 20 heavy (non-hydrogen) atoms. The summed E-state index contributed by atoms with van der Waals surface area (Å²) in [5.74, 6) is -1.22. The van der Waals surface area contributed by atoms with Crippen molar-refractivity contribution in [2.24, 2.45) is 0 Å². The van der Waals surface area contributed by atoms with Crippen LogP contribution in [0.3, 0.4) is 0 Å². The summed E-state index contributed by atoms with van der Waals surface area (Å²) in [5.41, 5.74) is 1.59. The van der Waals surface area contributed by atoms with E-state index in [-0.39, 0.29) is 11.3 Å². The van der Waals surface area contributed by atoms with E-state index in [9.17, 15) is 15.0 Å². The smallest absolute Gasteiger partial charge is 0.259 e. The molecule has 0 saturated heterocycles. The molecule has 2 aromatic rings.